The fourth-order valence-corrected chi connectivity index (χ4v) is 4.05. The van der Waals surface area contributed by atoms with Crippen LogP contribution in [0.5, 0.6) is 0 Å². The van der Waals surface area contributed by atoms with E-state index in [0.717, 1.165) is 12.0 Å². The summed E-state index contributed by atoms with van der Waals surface area (Å²) in [4.78, 5) is 28.6. The number of amides is 2. The number of halogens is 3. The minimum absolute atomic E-state index is 0.00670. The molecule has 35 heavy (non-hydrogen) atoms. The van der Waals surface area contributed by atoms with E-state index in [0.29, 0.717) is 27.6 Å². The minimum Gasteiger partial charge on any atom is -0.352 e. The lowest BCUT2D eigenvalue weighted by atomic mass is 10.0. The maximum atomic E-state index is 14.6. The highest BCUT2D eigenvalue weighted by Gasteiger charge is 2.31. The van der Waals surface area contributed by atoms with Crippen molar-refractivity contribution in [3.05, 3.63) is 105 Å². The van der Waals surface area contributed by atoms with Gasteiger partial charge < -0.3 is 10.2 Å². The zero-order valence-electron chi connectivity index (χ0n) is 19.8. The second-order valence-corrected chi connectivity index (χ2v) is 9.38. The first kappa shape index (κ1) is 26.7. The van der Waals surface area contributed by atoms with Crippen molar-refractivity contribution in [3.63, 3.8) is 0 Å². The van der Waals surface area contributed by atoms with Crippen LogP contribution in [0.3, 0.4) is 0 Å². The van der Waals surface area contributed by atoms with E-state index in [1.54, 1.807) is 36.4 Å². The van der Waals surface area contributed by atoms with Crippen molar-refractivity contribution in [2.24, 2.45) is 0 Å². The zero-order valence-corrected chi connectivity index (χ0v) is 21.3. The summed E-state index contributed by atoms with van der Waals surface area (Å²) < 4.78 is 14.6. The van der Waals surface area contributed by atoms with Gasteiger partial charge in [-0.25, -0.2) is 4.39 Å². The molecule has 184 valence electrons. The summed E-state index contributed by atoms with van der Waals surface area (Å²) in [6.45, 7) is 3.85. The van der Waals surface area contributed by atoms with E-state index in [9.17, 15) is 14.0 Å². The summed E-state index contributed by atoms with van der Waals surface area (Å²) in [5.41, 5.74) is 1.89. The second kappa shape index (κ2) is 12.7. The number of hydrogen-bond donors (Lipinski definition) is 1. The molecule has 4 nitrogen and oxygen atoms in total. The highest BCUT2D eigenvalue weighted by atomic mass is 35.5. The standard InChI is InChI=1S/C28H29Cl2FN2O2/c1-3-19(2)32-28(35)26(16-20-9-5-4-6-10-20)33(18-22-11-7-8-12-25(22)31)27(34)17-21-13-14-23(29)24(30)15-21/h4-15,19,26H,3,16-18H2,1-2H3,(H,32,35)/t19-,26-/m1/s1. The van der Waals surface area contributed by atoms with Gasteiger partial charge in [0.2, 0.25) is 11.8 Å². The SMILES string of the molecule is CC[C@@H](C)NC(=O)[C@@H](Cc1ccccc1)N(Cc1ccccc1F)C(=O)Cc1ccc(Cl)c(Cl)c1. The number of nitrogens with one attached hydrogen (secondary N) is 1. The van der Waals surface area contributed by atoms with Crippen LogP contribution >= 0.6 is 23.2 Å². The van der Waals surface area contributed by atoms with Gasteiger partial charge in [-0.2, -0.15) is 0 Å². The molecule has 3 rings (SSSR count). The average Bonchev–Trinajstić information content (AvgIpc) is 2.85. The molecule has 0 bridgehead atoms. The number of carbonyl (C=O) groups is 2. The molecule has 0 unspecified atom stereocenters. The molecule has 0 saturated heterocycles. The Hall–Kier alpha value is -2.89. The Balaban J connectivity index is 1.99. The largest absolute Gasteiger partial charge is 0.352 e. The highest BCUT2D eigenvalue weighted by Crippen LogP contribution is 2.24. The molecule has 2 atom stereocenters. The summed E-state index contributed by atoms with van der Waals surface area (Å²) in [5, 5.41) is 3.73. The second-order valence-electron chi connectivity index (χ2n) is 8.56. The fourth-order valence-electron chi connectivity index (χ4n) is 3.73. The average molecular weight is 515 g/mol. The molecule has 1 N–H and O–H groups in total. The van der Waals surface area contributed by atoms with Crippen LogP contribution < -0.4 is 5.32 Å². The van der Waals surface area contributed by atoms with E-state index in [-0.39, 0.29) is 30.8 Å². The number of benzene rings is 3. The summed E-state index contributed by atoms with van der Waals surface area (Å²) in [6.07, 6.45) is 1.03. The van der Waals surface area contributed by atoms with Crippen LogP contribution in [-0.2, 0) is 29.0 Å². The quantitative estimate of drug-likeness (QED) is 0.348. The van der Waals surface area contributed by atoms with E-state index in [2.05, 4.69) is 5.32 Å². The predicted molar refractivity (Wildman–Crippen MR) is 139 cm³/mol. The van der Waals surface area contributed by atoms with Gasteiger partial charge in [0.25, 0.3) is 0 Å². The summed E-state index contributed by atoms with van der Waals surface area (Å²) in [6, 6.07) is 19.9. The van der Waals surface area contributed by atoms with Gasteiger partial charge >= 0.3 is 0 Å². The number of rotatable bonds is 10. The molecule has 3 aromatic rings. The smallest absolute Gasteiger partial charge is 0.243 e. The van der Waals surface area contributed by atoms with Gasteiger partial charge in [-0.15, -0.1) is 0 Å². The number of nitrogens with zero attached hydrogens (tertiary/aromatic N) is 1. The number of carbonyl (C=O) groups excluding carboxylic acids is 2. The van der Waals surface area contributed by atoms with Gasteiger partial charge in [0, 0.05) is 24.6 Å². The maximum Gasteiger partial charge on any atom is 0.243 e. The van der Waals surface area contributed by atoms with E-state index in [1.165, 1.54) is 11.0 Å². The van der Waals surface area contributed by atoms with E-state index in [4.69, 9.17) is 23.2 Å². The normalized spacial score (nSPS) is 12.6. The molecule has 0 aromatic heterocycles. The third-order valence-corrected chi connectivity index (χ3v) is 6.65. The van der Waals surface area contributed by atoms with Crippen molar-refractivity contribution in [1.82, 2.24) is 10.2 Å². The fraction of sp³-hybridized carbons (Fsp3) is 0.286. The van der Waals surface area contributed by atoms with Gasteiger partial charge in [0.1, 0.15) is 11.9 Å². The van der Waals surface area contributed by atoms with Gasteiger partial charge in [-0.3, -0.25) is 9.59 Å². The molecular weight excluding hydrogens is 486 g/mol. The van der Waals surface area contributed by atoms with Crippen LogP contribution in [0.15, 0.2) is 72.8 Å². The van der Waals surface area contributed by atoms with Crippen LogP contribution in [0.4, 0.5) is 4.39 Å². The lowest BCUT2D eigenvalue weighted by molar-refractivity contribution is -0.141. The third-order valence-electron chi connectivity index (χ3n) is 5.91. The summed E-state index contributed by atoms with van der Waals surface area (Å²) in [7, 11) is 0. The Morgan fingerprint density at radius 1 is 0.943 bits per heavy atom. The Morgan fingerprint density at radius 3 is 2.29 bits per heavy atom. The lowest BCUT2D eigenvalue weighted by Gasteiger charge is -2.32. The highest BCUT2D eigenvalue weighted by molar-refractivity contribution is 6.42. The number of hydrogen-bond acceptors (Lipinski definition) is 2. The van der Waals surface area contributed by atoms with Crippen molar-refractivity contribution in [2.45, 2.75) is 51.7 Å². The van der Waals surface area contributed by atoms with Crippen LogP contribution in [0.1, 0.15) is 37.0 Å². The molecule has 0 aliphatic carbocycles. The van der Waals surface area contributed by atoms with Crippen molar-refractivity contribution in [2.75, 3.05) is 0 Å². The molecule has 0 aliphatic rings. The first-order chi connectivity index (χ1) is 16.8. The predicted octanol–water partition coefficient (Wildman–Crippen LogP) is 6.23. The third kappa shape index (κ3) is 7.55. The Labute approximate surface area is 216 Å². The molecule has 0 spiro atoms. The van der Waals surface area contributed by atoms with Crippen LogP contribution in [-0.4, -0.2) is 28.8 Å². The van der Waals surface area contributed by atoms with E-state index in [1.807, 2.05) is 44.2 Å². The van der Waals surface area contributed by atoms with Crippen LogP contribution in [0.2, 0.25) is 10.0 Å². The van der Waals surface area contributed by atoms with Gasteiger partial charge in [-0.1, -0.05) is 84.7 Å². The molecule has 7 heteroatoms. The molecule has 0 aliphatic heterocycles. The molecule has 0 radical (unpaired) electrons. The molecule has 0 saturated carbocycles. The maximum absolute atomic E-state index is 14.6. The summed E-state index contributed by atoms with van der Waals surface area (Å²) >= 11 is 12.2. The first-order valence-electron chi connectivity index (χ1n) is 11.6. The molecular formula is C28H29Cl2FN2O2. The first-order valence-corrected chi connectivity index (χ1v) is 12.3. The van der Waals surface area contributed by atoms with Crippen LogP contribution in [0.25, 0.3) is 0 Å². The Bertz CT molecular complexity index is 1160. The van der Waals surface area contributed by atoms with Gasteiger partial charge in [0.05, 0.1) is 16.5 Å². The molecule has 3 aromatic carbocycles. The van der Waals surface area contributed by atoms with Crippen molar-refractivity contribution in [3.8, 4) is 0 Å². The monoisotopic (exact) mass is 514 g/mol. The van der Waals surface area contributed by atoms with Crippen molar-refractivity contribution < 1.29 is 14.0 Å². The topological polar surface area (TPSA) is 49.4 Å². The Morgan fingerprint density at radius 2 is 1.63 bits per heavy atom. The molecule has 2 amide bonds. The van der Waals surface area contributed by atoms with Crippen molar-refractivity contribution >= 4 is 35.0 Å². The minimum atomic E-state index is -0.832. The zero-order chi connectivity index (χ0) is 25.4. The van der Waals surface area contributed by atoms with Crippen molar-refractivity contribution in [1.29, 1.82) is 0 Å². The Kier molecular flexibility index (Phi) is 9.70. The lowest BCUT2D eigenvalue weighted by Crippen LogP contribution is -2.52. The van der Waals surface area contributed by atoms with E-state index >= 15 is 0 Å². The van der Waals surface area contributed by atoms with Gasteiger partial charge in [0.15, 0.2) is 0 Å². The molecule has 0 heterocycles. The van der Waals surface area contributed by atoms with Gasteiger partial charge in [-0.05, 0) is 42.7 Å². The van der Waals surface area contributed by atoms with Crippen LogP contribution in [0, 0.1) is 5.82 Å². The van der Waals surface area contributed by atoms with E-state index < -0.39 is 11.9 Å². The molecule has 0 fully saturated rings. The summed E-state index contributed by atoms with van der Waals surface area (Å²) in [5.74, 6) is -1.02.